The Balaban J connectivity index is 2.20. The van der Waals surface area contributed by atoms with E-state index in [1.54, 1.807) is 0 Å². The molecule has 0 aromatic carbocycles. The second-order valence-corrected chi connectivity index (χ2v) is 19.3. The molecule has 0 aliphatic heterocycles. The molecule has 1 rings (SSSR count). The fourth-order valence-corrected chi connectivity index (χ4v) is 8.60. The number of hydrogen-bond donors (Lipinski definition) is 6. The lowest BCUT2D eigenvalue weighted by Gasteiger charge is -2.28. The molecule has 414 valence electrons. The maximum atomic E-state index is 13.2. The first-order chi connectivity index (χ1) is 34.7. The molecule has 3 amide bonds. The summed E-state index contributed by atoms with van der Waals surface area (Å²) in [6.45, 7) is 3.41. The van der Waals surface area contributed by atoms with Gasteiger partial charge in [0.15, 0.2) is 11.6 Å². The second-order valence-electron chi connectivity index (χ2n) is 19.3. The molecule has 0 saturated heterocycles. The molecule has 19 nitrogen and oxygen atoms in total. The van der Waals surface area contributed by atoms with Crippen LogP contribution in [0.1, 0.15) is 193 Å². The van der Waals surface area contributed by atoms with E-state index in [0.717, 1.165) is 51.4 Å². The summed E-state index contributed by atoms with van der Waals surface area (Å²) in [4.78, 5) is 108. The van der Waals surface area contributed by atoms with Crippen molar-refractivity contribution >= 4 is 53.0 Å². The number of ketones is 3. The topological polar surface area (TPSA) is 287 Å². The van der Waals surface area contributed by atoms with Crippen LogP contribution in [0.25, 0.3) is 0 Å². The summed E-state index contributed by atoms with van der Waals surface area (Å²) in [5.41, 5.74) is 0. The van der Waals surface area contributed by atoms with Gasteiger partial charge in [-0.3, -0.25) is 43.2 Å². The molecule has 0 aromatic rings. The number of carboxylic acid groups (broad SMARTS) is 3. The van der Waals surface area contributed by atoms with E-state index in [4.69, 9.17) is 24.1 Å². The second kappa shape index (κ2) is 44.2. The molecule has 0 spiro atoms. The number of carbonyl (C=O) groups excluding carboxylic acids is 6. The maximum absolute atomic E-state index is 13.2. The number of aliphatic carboxylic acids is 3. The van der Waals surface area contributed by atoms with Crippen molar-refractivity contribution in [1.29, 1.82) is 0 Å². The fourth-order valence-electron chi connectivity index (χ4n) is 8.60. The molecule has 0 radical (unpaired) electrons. The van der Waals surface area contributed by atoms with Crippen molar-refractivity contribution < 1.29 is 77.4 Å². The Kier molecular flexibility index (Phi) is 40.3. The van der Waals surface area contributed by atoms with Gasteiger partial charge >= 0.3 is 17.9 Å². The zero-order valence-corrected chi connectivity index (χ0v) is 43.5. The lowest BCUT2D eigenvalue weighted by atomic mass is 9.78. The SMILES string of the molecule is CC(=O)COCCOCCNC(=O)COCCOCCCC(=O)[C@H](CCC(=O)O)NC(=O)CC[C@H](CC(=O)C1CCC(CNC(=O)CCCCCCCCCCCCCCCCCCC(=O)O)CC1)C(=O)O. The van der Waals surface area contributed by atoms with Gasteiger partial charge in [-0.1, -0.05) is 89.9 Å². The van der Waals surface area contributed by atoms with E-state index in [-0.39, 0.29) is 139 Å². The van der Waals surface area contributed by atoms with Crippen LogP contribution in [0.15, 0.2) is 0 Å². The Morgan fingerprint density at radius 3 is 1.54 bits per heavy atom. The number of hydrogen-bond acceptors (Lipinski definition) is 13. The van der Waals surface area contributed by atoms with Crippen molar-refractivity contribution in [2.45, 2.75) is 199 Å². The first-order valence-corrected chi connectivity index (χ1v) is 27.0. The average Bonchev–Trinajstić information content (AvgIpc) is 3.34. The van der Waals surface area contributed by atoms with E-state index in [1.807, 2.05) is 0 Å². The Bertz CT molecular complexity index is 1550. The van der Waals surface area contributed by atoms with E-state index >= 15 is 0 Å². The van der Waals surface area contributed by atoms with Gasteiger partial charge in [-0.2, -0.15) is 0 Å². The Hall–Kier alpha value is -4.33. The Morgan fingerprint density at radius 1 is 0.486 bits per heavy atom. The smallest absolute Gasteiger partial charge is 0.306 e. The number of unbranched alkanes of at least 4 members (excludes halogenated alkanes) is 15. The number of carbonyl (C=O) groups is 9. The van der Waals surface area contributed by atoms with Crippen LogP contribution in [0, 0.1) is 17.8 Å². The lowest BCUT2D eigenvalue weighted by Crippen LogP contribution is -2.41. The fraction of sp³-hybridized carbons (Fsp3) is 0.830. The molecular weight excluding hydrogens is 935 g/mol. The number of rotatable bonds is 50. The molecule has 1 saturated carbocycles. The zero-order valence-electron chi connectivity index (χ0n) is 43.5. The summed E-state index contributed by atoms with van der Waals surface area (Å²) in [7, 11) is 0. The van der Waals surface area contributed by atoms with E-state index in [0.29, 0.717) is 32.4 Å². The molecule has 72 heavy (non-hydrogen) atoms. The molecule has 0 unspecified atom stereocenters. The van der Waals surface area contributed by atoms with Crippen LogP contribution in [0.4, 0.5) is 0 Å². The van der Waals surface area contributed by atoms with Gasteiger partial charge in [-0.25, -0.2) is 0 Å². The maximum Gasteiger partial charge on any atom is 0.306 e. The van der Waals surface area contributed by atoms with Gasteiger partial charge in [-0.05, 0) is 70.6 Å². The van der Waals surface area contributed by atoms with Crippen molar-refractivity contribution in [3.05, 3.63) is 0 Å². The zero-order chi connectivity index (χ0) is 53.0. The van der Waals surface area contributed by atoms with Crippen molar-refractivity contribution in [2.24, 2.45) is 17.8 Å². The third-order valence-electron chi connectivity index (χ3n) is 12.9. The predicted molar refractivity (Wildman–Crippen MR) is 269 cm³/mol. The first-order valence-electron chi connectivity index (χ1n) is 27.0. The molecule has 1 aliphatic rings. The molecular formula is C53H91N3O16. The van der Waals surface area contributed by atoms with Crippen LogP contribution in [0.2, 0.25) is 0 Å². The molecule has 1 aliphatic carbocycles. The van der Waals surface area contributed by atoms with Gasteiger partial charge in [0.2, 0.25) is 17.7 Å². The van der Waals surface area contributed by atoms with Gasteiger partial charge in [0.25, 0.3) is 0 Å². The summed E-state index contributed by atoms with van der Waals surface area (Å²) in [6, 6.07) is -1.09. The van der Waals surface area contributed by atoms with Gasteiger partial charge in [0, 0.05) is 64.1 Å². The molecule has 2 atom stereocenters. The number of Topliss-reactive ketones (excluding diaryl/α,β-unsaturated/α-hetero) is 3. The predicted octanol–water partition coefficient (Wildman–Crippen LogP) is 6.93. The van der Waals surface area contributed by atoms with Crippen LogP contribution in [0.3, 0.4) is 0 Å². The highest BCUT2D eigenvalue weighted by atomic mass is 16.5. The van der Waals surface area contributed by atoms with Crippen molar-refractivity contribution in [3.63, 3.8) is 0 Å². The third kappa shape index (κ3) is 39.2. The average molecular weight is 1030 g/mol. The summed E-state index contributed by atoms with van der Waals surface area (Å²) in [5, 5.41) is 36.1. The van der Waals surface area contributed by atoms with Crippen molar-refractivity contribution in [1.82, 2.24) is 16.0 Å². The van der Waals surface area contributed by atoms with Crippen LogP contribution >= 0.6 is 0 Å². The molecule has 6 N–H and O–H groups in total. The van der Waals surface area contributed by atoms with Gasteiger partial charge < -0.3 is 50.2 Å². The van der Waals surface area contributed by atoms with Gasteiger partial charge in [0.1, 0.15) is 19.0 Å². The van der Waals surface area contributed by atoms with Crippen molar-refractivity contribution in [3.8, 4) is 0 Å². The highest BCUT2D eigenvalue weighted by Gasteiger charge is 2.31. The summed E-state index contributed by atoms with van der Waals surface area (Å²) in [6.07, 6.45) is 21.2. The van der Waals surface area contributed by atoms with E-state index < -0.39 is 41.6 Å². The van der Waals surface area contributed by atoms with E-state index in [1.165, 1.54) is 71.1 Å². The van der Waals surface area contributed by atoms with E-state index in [9.17, 15) is 53.4 Å². The van der Waals surface area contributed by atoms with Gasteiger partial charge in [-0.15, -0.1) is 0 Å². The molecule has 19 heteroatoms. The molecule has 1 fully saturated rings. The normalized spacial score (nSPS) is 15.3. The minimum absolute atomic E-state index is 0.00781. The number of amides is 3. The Morgan fingerprint density at radius 2 is 1.00 bits per heavy atom. The number of ether oxygens (including phenoxy) is 4. The van der Waals surface area contributed by atoms with Crippen LogP contribution in [0.5, 0.6) is 0 Å². The van der Waals surface area contributed by atoms with Crippen LogP contribution < -0.4 is 16.0 Å². The van der Waals surface area contributed by atoms with Crippen molar-refractivity contribution in [2.75, 3.05) is 65.9 Å². The summed E-state index contributed by atoms with van der Waals surface area (Å²) in [5.74, 6) is -5.68. The standard InChI is InChI=1S/C53H91N3O16/c1-41(57)39-71-35-34-70-32-30-54-50(62)40-72-36-33-69-31-18-19-46(58)45(27-29-52(65)66)56-49(61)28-26-44(53(67)68)37-47(59)43-24-22-42(23-25-43)38-55-48(60)20-16-14-12-10-8-6-4-2-3-5-7-9-11-13-15-17-21-51(63)64/h42-45H,2-40H2,1H3,(H,54,62)(H,55,60)(H,56,61)(H,63,64)(H,65,66)(H,67,68)/t42?,43?,44-,45+/m1/s1. The number of carboxylic acids is 3. The first kappa shape index (κ1) is 65.7. The summed E-state index contributed by atoms with van der Waals surface area (Å²) >= 11 is 0. The molecule has 0 bridgehead atoms. The quantitative estimate of drug-likeness (QED) is 0.0337. The third-order valence-corrected chi connectivity index (χ3v) is 12.9. The largest absolute Gasteiger partial charge is 0.481 e. The monoisotopic (exact) mass is 1030 g/mol. The van der Waals surface area contributed by atoms with E-state index in [2.05, 4.69) is 16.0 Å². The lowest BCUT2D eigenvalue weighted by molar-refractivity contribution is -0.145. The van der Waals surface area contributed by atoms with Gasteiger partial charge in [0.05, 0.1) is 45.0 Å². The van der Waals surface area contributed by atoms with Crippen LogP contribution in [-0.2, 0) is 62.1 Å². The Labute approximate surface area is 428 Å². The highest BCUT2D eigenvalue weighted by molar-refractivity contribution is 5.90. The molecule has 0 heterocycles. The minimum Gasteiger partial charge on any atom is -0.481 e. The number of nitrogens with one attached hydrogen (secondary N) is 3. The highest BCUT2D eigenvalue weighted by Crippen LogP contribution is 2.31. The minimum atomic E-state index is -1.19. The van der Waals surface area contributed by atoms with Crippen LogP contribution in [-0.4, -0.2) is 140 Å². The summed E-state index contributed by atoms with van der Waals surface area (Å²) < 4.78 is 21.1. The molecule has 0 aromatic heterocycles.